The summed E-state index contributed by atoms with van der Waals surface area (Å²) in [5.41, 5.74) is 0.982. The zero-order valence-electron chi connectivity index (χ0n) is 16.5. The van der Waals surface area contributed by atoms with Crippen molar-refractivity contribution in [3.05, 3.63) is 77.6 Å². The third-order valence-electron chi connectivity index (χ3n) is 5.05. The minimum atomic E-state index is -0.121. The second-order valence-electron chi connectivity index (χ2n) is 7.23. The SMILES string of the molecule is O=C(NCc1cccc(Cl)c1)[C@@H]1CCCN(c2nccnc2Oc2ccccc2)C1. The highest BCUT2D eigenvalue weighted by molar-refractivity contribution is 6.30. The molecule has 0 radical (unpaired) electrons. The number of hydrogen-bond donors (Lipinski definition) is 1. The number of amides is 1. The van der Waals surface area contributed by atoms with Crippen molar-refractivity contribution in [2.24, 2.45) is 5.92 Å². The molecule has 1 atom stereocenters. The molecule has 154 valence electrons. The topological polar surface area (TPSA) is 67.4 Å². The van der Waals surface area contributed by atoms with Crippen LogP contribution in [0.4, 0.5) is 5.82 Å². The van der Waals surface area contributed by atoms with Crippen molar-refractivity contribution in [3.63, 3.8) is 0 Å². The molecule has 0 bridgehead atoms. The number of carbonyl (C=O) groups is 1. The van der Waals surface area contributed by atoms with E-state index in [0.717, 1.165) is 24.9 Å². The van der Waals surface area contributed by atoms with Gasteiger partial charge >= 0.3 is 0 Å². The number of rotatable bonds is 6. The van der Waals surface area contributed by atoms with Crippen molar-refractivity contribution in [2.45, 2.75) is 19.4 Å². The minimum absolute atomic E-state index is 0.0362. The smallest absolute Gasteiger partial charge is 0.263 e. The number of ether oxygens (including phenoxy) is 1. The van der Waals surface area contributed by atoms with E-state index in [4.69, 9.17) is 16.3 Å². The average Bonchev–Trinajstić information content (AvgIpc) is 2.79. The van der Waals surface area contributed by atoms with Gasteiger partial charge in [0.05, 0.1) is 5.92 Å². The van der Waals surface area contributed by atoms with E-state index in [2.05, 4.69) is 20.2 Å². The summed E-state index contributed by atoms with van der Waals surface area (Å²) in [5, 5.41) is 3.70. The van der Waals surface area contributed by atoms with Gasteiger partial charge in [-0.15, -0.1) is 0 Å². The van der Waals surface area contributed by atoms with E-state index < -0.39 is 0 Å². The number of hydrogen-bond acceptors (Lipinski definition) is 5. The predicted octanol–water partition coefficient (Wildman–Crippen LogP) is 4.46. The Balaban J connectivity index is 1.42. The average molecular weight is 423 g/mol. The van der Waals surface area contributed by atoms with Crippen molar-refractivity contribution >= 4 is 23.3 Å². The quantitative estimate of drug-likeness (QED) is 0.635. The molecule has 0 unspecified atom stereocenters. The molecule has 7 heteroatoms. The lowest BCUT2D eigenvalue weighted by Gasteiger charge is -2.33. The van der Waals surface area contributed by atoms with Gasteiger partial charge < -0.3 is 15.0 Å². The molecule has 4 rings (SSSR count). The monoisotopic (exact) mass is 422 g/mol. The summed E-state index contributed by atoms with van der Waals surface area (Å²) >= 11 is 6.02. The first-order valence-electron chi connectivity index (χ1n) is 10.00. The molecule has 1 aliphatic heterocycles. The van der Waals surface area contributed by atoms with E-state index in [1.807, 2.05) is 54.6 Å². The zero-order chi connectivity index (χ0) is 20.8. The summed E-state index contributed by atoms with van der Waals surface area (Å²) in [7, 11) is 0. The third-order valence-corrected chi connectivity index (χ3v) is 5.29. The van der Waals surface area contributed by atoms with Crippen LogP contribution in [0.1, 0.15) is 18.4 Å². The van der Waals surface area contributed by atoms with Crippen LogP contribution in [-0.4, -0.2) is 29.0 Å². The van der Waals surface area contributed by atoms with Crippen LogP contribution in [-0.2, 0) is 11.3 Å². The highest BCUT2D eigenvalue weighted by Crippen LogP contribution is 2.31. The van der Waals surface area contributed by atoms with Gasteiger partial charge in [0.2, 0.25) is 5.91 Å². The van der Waals surface area contributed by atoms with Crippen LogP contribution in [0.5, 0.6) is 11.6 Å². The lowest BCUT2D eigenvalue weighted by atomic mass is 9.97. The van der Waals surface area contributed by atoms with Gasteiger partial charge in [-0.2, -0.15) is 0 Å². The van der Waals surface area contributed by atoms with E-state index in [1.54, 1.807) is 12.4 Å². The highest BCUT2D eigenvalue weighted by Gasteiger charge is 2.28. The number of para-hydroxylation sites is 1. The normalized spacial score (nSPS) is 16.2. The van der Waals surface area contributed by atoms with Crippen molar-refractivity contribution in [1.29, 1.82) is 0 Å². The van der Waals surface area contributed by atoms with E-state index in [9.17, 15) is 4.79 Å². The zero-order valence-corrected chi connectivity index (χ0v) is 17.3. The lowest BCUT2D eigenvalue weighted by Crippen LogP contribution is -2.43. The van der Waals surface area contributed by atoms with Crippen molar-refractivity contribution in [2.75, 3.05) is 18.0 Å². The Labute approximate surface area is 180 Å². The highest BCUT2D eigenvalue weighted by atomic mass is 35.5. The molecule has 1 aromatic heterocycles. The first-order valence-corrected chi connectivity index (χ1v) is 10.4. The first kappa shape index (κ1) is 20.2. The number of piperidine rings is 1. The van der Waals surface area contributed by atoms with Crippen molar-refractivity contribution in [3.8, 4) is 11.6 Å². The molecule has 30 heavy (non-hydrogen) atoms. The maximum atomic E-state index is 12.8. The number of carbonyl (C=O) groups excluding carboxylic acids is 1. The van der Waals surface area contributed by atoms with E-state index in [0.29, 0.717) is 35.6 Å². The summed E-state index contributed by atoms with van der Waals surface area (Å²) in [5.74, 6) is 1.73. The van der Waals surface area contributed by atoms with Crippen LogP contribution in [0.15, 0.2) is 67.0 Å². The molecule has 2 aromatic carbocycles. The molecular formula is C23H23ClN4O2. The van der Waals surface area contributed by atoms with Gasteiger partial charge in [0.1, 0.15) is 5.75 Å². The maximum Gasteiger partial charge on any atom is 0.263 e. The van der Waals surface area contributed by atoms with Gasteiger partial charge in [-0.25, -0.2) is 9.97 Å². The summed E-state index contributed by atoms with van der Waals surface area (Å²) in [6.07, 6.45) is 5.00. The molecule has 1 saturated heterocycles. The fourth-order valence-corrected chi connectivity index (χ4v) is 3.78. The Morgan fingerprint density at radius 3 is 2.80 bits per heavy atom. The molecule has 1 N–H and O–H groups in total. The maximum absolute atomic E-state index is 12.8. The second-order valence-corrected chi connectivity index (χ2v) is 7.67. The van der Waals surface area contributed by atoms with Gasteiger partial charge in [-0.1, -0.05) is 41.9 Å². The molecule has 6 nitrogen and oxygen atoms in total. The first-order chi connectivity index (χ1) is 14.7. The van der Waals surface area contributed by atoms with Crippen LogP contribution in [0.25, 0.3) is 0 Å². The molecule has 1 aliphatic rings. The van der Waals surface area contributed by atoms with Gasteiger partial charge in [0.25, 0.3) is 5.88 Å². The summed E-state index contributed by atoms with van der Waals surface area (Å²) < 4.78 is 5.95. The molecule has 3 aromatic rings. The standard InChI is InChI=1S/C23H23ClN4O2/c24-19-8-4-6-17(14-19)15-27-22(29)18-7-5-13-28(16-18)21-23(26-12-11-25-21)30-20-9-2-1-3-10-20/h1-4,6,8-12,14,18H,5,7,13,15-16H2,(H,27,29)/t18-/m1/s1. The predicted molar refractivity (Wildman–Crippen MR) is 117 cm³/mol. The van der Waals surface area contributed by atoms with Crippen LogP contribution in [0.3, 0.4) is 0 Å². The Kier molecular flexibility index (Phi) is 6.44. The summed E-state index contributed by atoms with van der Waals surface area (Å²) in [6.45, 7) is 1.84. The van der Waals surface area contributed by atoms with E-state index in [-0.39, 0.29) is 11.8 Å². The fraction of sp³-hybridized carbons (Fsp3) is 0.261. The number of halogens is 1. The Morgan fingerprint density at radius 1 is 1.13 bits per heavy atom. The molecule has 0 aliphatic carbocycles. The number of nitrogens with zero attached hydrogens (tertiary/aromatic N) is 3. The number of benzene rings is 2. The third kappa shape index (κ3) is 5.07. The van der Waals surface area contributed by atoms with E-state index in [1.165, 1.54) is 0 Å². The summed E-state index contributed by atoms with van der Waals surface area (Å²) in [4.78, 5) is 23.7. The molecule has 0 saturated carbocycles. The Hall–Kier alpha value is -3.12. The van der Waals surface area contributed by atoms with E-state index >= 15 is 0 Å². The molecule has 2 heterocycles. The second kappa shape index (κ2) is 9.59. The molecular weight excluding hydrogens is 400 g/mol. The number of aromatic nitrogens is 2. The van der Waals surface area contributed by atoms with Crippen molar-refractivity contribution in [1.82, 2.24) is 15.3 Å². The van der Waals surface area contributed by atoms with Gasteiger partial charge in [-0.05, 0) is 42.7 Å². The Bertz CT molecular complexity index is 999. The van der Waals surface area contributed by atoms with Crippen molar-refractivity contribution < 1.29 is 9.53 Å². The largest absolute Gasteiger partial charge is 0.436 e. The molecule has 1 amide bonds. The van der Waals surface area contributed by atoms with Crippen LogP contribution < -0.4 is 15.0 Å². The lowest BCUT2D eigenvalue weighted by molar-refractivity contribution is -0.125. The van der Waals surface area contributed by atoms with Gasteiger partial charge in [-0.3, -0.25) is 4.79 Å². The van der Waals surface area contributed by atoms with Gasteiger partial charge in [0, 0.05) is 37.1 Å². The van der Waals surface area contributed by atoms with Crippen LogP contribution in [0, 0.1) is 5.92 Å². The molecule has 1 fully saturated rings. The fourth-order valence-electron chi connectivity index (χ4n) is 3.57. The summed E-state index contributed by atoms with van der Waals surface area (Å²) in [6, 6.07) is 17.0. The minimum Gasteiger partial charge on any atom is -0.436 e. The number of nitrogens with one attached hydrogen (secondary N) is 1. The molecule has 0 spiro atoms. The van der Waals surface area contributed by atoms with Crippen LogP contribution >= 0.6 is 11.6 Å². The number of anilines is 1. The van der Waals surface area contributed by atoms with Gasteiger partial charge in [0.15, 0.2) is 5.82 Å². The van der Waals surface area contributed by atoms with Crippen LogP contribution in [0.2, 0.25) is 5.02 Å². The Morgan fingerprint density at radius 2 is 1.97 bits per heavy atom.